The summed E-state index contributed by atoms with van der Waals surface area (Å²) in [5.41, 5.74) is 14.2. The van der Waals surface area contributed by atoms with Crippen molar-refractivity contribution in [3.05, 3.63) is 64.3 Å². The fraction of sp³-hybridized carbons (Fsp3) is 0.174. The number of phenols is 1. The summed E-state index contributed by atoms with van der Waals surface area (Å²) in [6, 6.07) is 8.10. The maximum atomic E-state index is 11.6. The Labute approximate surface area is 185 Å². The fourth-order valence-electron chi connectivity index (χ4n) is 3.04. The van der Waals surface area contributed by atoms with E-state index >= 15 is 0 Å². The largest absolute Gasteiger partial charge is 0.507 e. The molecule has 0 radical (unpaired) electrons. The molecule has 164 valence electrons. The van der Waals surface area contributed by atoms with Crippen LogP contribution in [0.1, 0.15) is 32.6 Å². The lowest BCUT2D eigenvalue weighted by Crippen LogP contribution is -2.04. The van der Waals surface area contributed by atoms with E-state index in [9.17, 15) is 9.90 Å². The number of aromatic nitrogens is 2. The van der Waals surface area contributed by atoms with Gasteiger partial charge in [0, 0.05) is 23.7 Å². The molecule has 9 heteroatoms. The summed E-state index contributed by atoms with van der Waals surface area (Å²) in [6.45, 7) is 0. The minimum Gasteiger partial charge on any atom is -0.507 e. The van der Waals surface area contributed by atoms with Crippen LogP contribution in [0.25, 0.3) is 0 Å². The number of aromatic hydroxyl groups is 1. The van der Waals surface area contributed by atoms with Crippen LogP contribution in [0.4, 0.5) is 11.8 Å². The number of benzene rings is 2. The van der Waals surface area contributed by atoms with Gasteiger partial charge in [0.05, 0.1) is 26.9 Å². The van der Waals surface area contributed by atoms with Crippen molar-refractivity contribution in [2.45, 2.75) is 6.42 Å². The Morgan fingerprint density at radius 1 is 1.09 bits per heavy atom. The molecule has 0 saturated carbocycles. The maximum absolute atomic E-state index is 11.6. The molecular formula is C23H22N4O5. The highest BCUT2D eigenvalue weighted by Crippen LogP contribution is 2.33. The molecule has 0 spiro atoms. The number of nitrogens with zero attached hydrogens (tertiary/aromatic N) is 2. The third-order valence-corrected chi connectivity index (χ3v) is 4.59. The van der Waals surface area contributed by atoms with E-state index in [1.807, 2.05) is 12.1 Å². The van der Waals surface area contributed by atoms with Gasteiger partial charge in [0.2, 0.25) is 5.95 Å². The van der Waals surface area contributed by atoms with Gasteiger partial charge < -0.3 is 30.8 Å². The maximum Gasteiger partial charge on any atom is 0.341 e. The van der Waals surface area contributed by atoms with E-state index in [-0.39, 0.29) is 17.3 Å². The summed E-state index contributed by atoms with van der Waals surface area (Å²) in [5, 5.41) is 10.1. The number of esters is 1. The Bertz CT molecular complexity index is 1230. The Hall–Kier alpha value is -4.45. The zero-order chi connectivity index (χ0) is 23.3. The summed E-state index contributed by atoms with van der Waals surface area (Å²) in [6.07, 6.45) is 2.00. The fourth-order valence-corrected chi connectivity index (χ4v) is 3.04. The lowest BCUT2D eigenvalue weighted by Gasteiger charge is -2.13. The standard InChI is InChI=1S/C23H22N4O5/c1-30-19-11-14(9-16-12-26-23(25)27-21(16)24)8-15(20(19)31-2)6-4-13-5-7-17(18(28)10-13)22(29)32-3/h5,7-8,10-12,28H,9H2,1-3H3,(H4,24,25,26,27). The molecule has 1 heterocycles. The molecule has 0 saturated heterocycles. The van der Waals surface area contributed by atoms with E-state index in [2.05, 4.69) is 26.5 Å². The van der Waals surface area contributed by atoms with Crippen molar-refractivity contribution in [1.29, 1.82) is 0 Å². The van der Waals surface area contributed by atoms with Crippen LogP contribution < -0.4 is 20.9 Å². The number of anilines is 2. The van der Waals surface area contributed by atoms with Crippen molar-refractivity contribution >= 4 is 17.7 Å². The molecule has 0 unspecified atom stereocenters. The van der Waals surface area contributed by atoms with Gasteiger partial charge in [0.15, 0.2) is 11.5 Å². The van der Waals surface area contributed by atoms with Crippen LogP contribution in [0.15, 0.2) is 36.5 Å². The van der Waals surface area contributed by atoms with Crippen LogP contribution in [0.3, 0.4) is 0 Å². The molecular weight excluding hydrogens is 412 g/mol. The van der Waals surface area contributed by atoms with Gasteiger partial charge in [-0.2, -0.15) is 4.98 Å². The van der Waals surface area contributed by atoms with E-state index < -0.39 is 5.97 Å². The predicted molar refractivity (Wildman–Crippen MR) is 119 cm³/mol. The molecule has 3 aromatic rings. The Morgan fingerprint density at radius 2 is 1.88 bits per heavy atom. The highest BCUT2D eigenvalue weighted by atomic mass is 16.5. The number of nitrogens with two attached hydrogens (primary N) is 2. The highest BCUT2D eigenvalue weighted by molar-refractivity contribution is 5.92. The topological polar surface area (TPSA) is 143 Å². The third-order valence-electron chi connectivity index (χ3n) is 4.59. The molecule has 1 aromatic heterocycles. The van der Waals surface area contributed by atoms with Gasteiger partial charge in [0.25, 0.3) is 0 Å². The molecule has 0 bridgehead atoms. The van der Waals surface area contributed by atoms with E-state index in [0.29, 0.717) is 40.4 Å². The molecule has 0 fully saturated rings. The number of ether oxygens (including phenoxy) is 3. The summed E-state index contributed by atoms with van der Waals surface area (Å²) < 4.78 is 15.6. The summed E-state index contributed by atoms with van der Waals surface area (Å²) in [7, 11) is 4.29. The first-order valence-electron chi connectivity index (χ1n) is 9.41. The van der Waals surface area contributed by atoms with Crippen molar-refractivity contribution in [2.24, 2.45) is 0 Å². The molecule has 5 N–H and O–H groups in total. The smallest absolute Gasteiger partial charge is 0.341 e. The second kappa shape index (κ2) is 9.57. The SMILES string of the molecule is COC(=O)c1ccc(C#Cc2cc(Cc3cnc(N)nc3N)cc(OC)c2OC)cc1O. The zero-order valence-corrected chi connectivity index (χ0v) is 17.8. The first-order valence-corrected chi connectivity index (χ1v) is 9.41. The average Bonchev–Trinajstić information content (AvgIpc) is 2.78. The van der Waals surface area contributed by atoms with Crippen LogP contribution in [0, 0.1) is 11.8 Å². The monoisotopic (exact) mass is 434 g/mol. The van der Waals surface area contributed by atoms with Crippen LogP contribution in [-0.4, -0.2) is 42.4 Å². The molecule has 0 aliphatic rings. The summed E-state index contributed by atoms with van der Waals surface area (Å²) in [5.74, 6) is 6.48. The van der Waals surface area contributed by atoms with Gasteiger partial charge in [0.1, 0.15) is 17.1 Å². The molecule has 2 aromatic carbocycles. The van der Waals surface area contributed by atoms with Crippen LogP contribution >= 0.6 is 0 Å². The Morgan fingerprint density at radius 3 is 2.50 bits per heavy atom. The highest BCUT2D eigenvalue weighted by Gasteiger charge is 2.14. The molecule has 3 rings (SSSR count). The summed E-state index contributed by atoms with van der Waals surface area (Å²) in [4.78, 5) is 19.6. The van der Waals surface area contributed by atoms with Crippen molar-refractivity contribution in [2.75, 3.05) is 32.8 Å². The van der Waals surface area contributed by atoms with E-state index in [4.69, 9.17) is 20.9 Å². The number of hydrogen-bond donors (Lipinski definition) is 3. The lowest BCUT2D eigenvalue weighted by molar-refractivity contribution is 0.0597. The van der Waals surface area contributed by atoms with Gasteiger partial charge in [-0.25, -0.2) is 9.78 Å². The third kappa shape index (κ3) is 4.82. The van der Waals surface area contributed by atoms with Crippen molar-refractivity contribution in [3.63, 3.8) is 0 Å². The van der Waals surface area contributed by atoms with Gasteiger partial charge >= 0.3 is 5.97 Å². The first-order chi connectivity index (χ1) is 15.4. The quantitative estimate of drug-likeness (QED) is 0.406. The van der Waals surface area contributed by atoms with E-state index in [1.165, 1.54) is 33.5 Å². The number of nitrogen functional groups attached to an aromatic ring is 2. The van der Waals surface area contributed by atoms with Crippen molar-refractivity contribution in [1.82, 2.24) is 9.97 Å². The van der Waals surface area contributed by atoms with Crippen LogP contribution in [0.2, 0.25) is 0 Å². The van der Waals surface area contributed by atoms with E-state index in [1.54, 1.807) is 12.3 Å². The number of phenolic OH excluding ortho intramolecular Hbond substituents is 1. The lowest BCUT2D eigenvalue weighted by atomic mass is 10.0. The van der Waals surface area contributed by atoms with Gasteiger partial charge in [-0.1, -0.05) is 11.8 Å². The van der Waals surface area contributed by atoms with E-state index in [0.717, 1.165) is 5.56 Å². The molecule has 0 atom stereocenters. The zero-order valence-electron chi connectivity index (χ0n) is 17.8. The number of rotatable bonds is 5. The van der Waals surface area contributed by atoms with Crippen LogP contribution in [0.5, 0.6) is 17.2 Å². The molecule has 32 heavy (non-hydrogen) atoms. The van der Waals surface area contributed by atoms with Crippen molar-refractivity contribution in [3.8, 4) is 29.1 Å². The van der Waals surface area contributed by atoms with Crippen molar-refractivity contribution < 1.29 is 24.1 Å². The predicted octanol–water partition coefficient (Wildman–Crippen LogP) is 2.14. The van der Waals surface area contributed by atoms with Gasteiger partial charge in [-0.05, 0) is 35.9 Å². The number of hydrogen-bond acceptors (Lipinski definition) is 9. The molecule has 0 amide bonds. The second-order valence-electron chi connectivity index (χ2n) is 6.67. The molecule has 0 aliphatic heterocycles. The number of methoxy groups -OCH3 is 3. The van der Waals surface area contributed by atoms with Gasteiger partial charge in [-0.3, -0.25) is 0 Å². The number of carbonyl (C=O) groups excluding carboxylic acids is 1. The Balaban J connectivity index is 2.00. The molecule has 0 aliphatic carbocycles. The number of carbonyl (C=O) groups is 1. The Kier molecular flexibility index (Phi) is 6.65. The van der Waals surface area contributed by atoms with Gasteiger partial charge in [-0.15, -0.1) is 0 Å². The second-order valence-corrected chi connectivity index (χ2v) is 6.67. The van der Waals surface area contributed by atoms with Crippen LogP contribution in [-0.2, 0) is 11.2 Å². The molecule has 9 nitrogen and oxygen atoms in total. The average molecular weight is 434 g/mol. The minimum absolute atomic E-state index is 0.0580. The normalized spacial score (nSPS) is 10.1. The minimum atomic E-state index is -0.632. The summed E-state index contributed by atoms with van der Waals surface area (Å²) >= 11 is 0. The first kappa shape index (κ1) is 22.2.